The van der Waals surface area contributed by atoms with E-state index in [2.05, 4.69) is 15.9 Å². The molecule has 15 heavy (non-hydrogen) atoms. The molecule has 0 aromatic heterocycles. The van der Waals surface area contributed by atoms with Crippen LogP contribution in [0.1, 0.15) is 15.9 Å². The lowest BCUT2D eigenvalue weighted by atomic mass is 10.1. The van der Waals surface area contributed by atoms with E-state index < -0.39 is 23.3 Å². The summed E-state index contributed by atoms with van der Waals surface area (Å²) in [6.45, 7) is 1.47. The highest BCUT2D eigenvalue weighted by Crippen LogP contribution is 2.27. The van der Waals surface area contributed by atoms with E-state index >= 15 is 0 Å². The summed E-state index contributed by atoms with van der Waals surface area (Å²) in [4.78, 5) is 10.8. The minimum Gasteiger partial charge on any atom is -0.284 e. The molecule has 0 unspecified atom stereocenters. The van der Waals surface area contributed by atoms with E-state index in [4.69, 9.17) is 0 Å². The molecule has 1 aromatic carbocycles. The van der Waals surface area contributed by atoms with Crippen LogP contribution < -0.4 is 0 Å². The van der Waals surface area contributed by atoms with Gasteiger partial charge in [0.25, 0.3) is 5.78 Å². The van der Waals surface area contributed by atoms with Gasteiger partial charge in [0.2, 0.25) is 0 Å². The highest BCUT2D eigenvalue weighted by molar-refractivity contribution is 9.10. The first-order valence-electron chi connectivity index (χ1n) is 3.80. The molecule has 0 saturated heterocycles. The third kappa shape index (κ3) is 2.56. The molecule has 6 heteroatoms. The number of halogens is 5. The fourth-order valence-electron chi connectivity index (χ4n) is 1.04. The molecule has 0 fully saturated rings. The Kier molecular flexibility index (Phi) is 3.18. The van der Waals surface area contributed by atoms with Crippen molar-refractivity contribution in [3.05, 3.63) is 33.5 Å². The molecule has 1 aromatic rings. The minimum absolute atomic E-state index is 0.157. The van der Waals surface area contributed by atoms with Crippen molar-refractivity contribution in [3.63, 3.8) is 0 Å². The van der Waals surface area contributed by atoms with Crippen LogP contribution in [-0.4, -0.2) is 12.0 Å². The normalized spacial score (nSPS) is 11.6. The number of Topliss-reactive ketones (excluding diaryl/α,β-unsaturated/α-hetero) is 1. The summed E-state index contributed by atoms with van der Waals surface area (Å²) in [6, 6.07) is 2.17. The number of rotatable bonds is 1. The molecule has 0 spiro atoms. The summed E-state index contributed by atoms with van der Waals surface area (Å²) >= 11 is 2.74. The number of carbonyl (C=O) groups excluding carboxylic acids is 1. The topological polar surface area (TPSA) is 17.1 Å². The van der Waals surface area contributed by atoms with Crippen molar-refractivity contribution in [2.45, 2.75) is 13.1 Å². The van der Waals surface area contributed by atoms with Gasteiger partial charge in [-0.1, -0.05) is 0 Å². The Bertz CT molecular complexity index is 411. The van der Waals surface area contributed by atoms with Gasteiger partial charge in [-0.3, -0.25) is 4.79 Å². The molecule has 0 bridgehead atoms. The van der Waals surface area contributed by atoms with Gasteiger partial charge in [0.15, 0.2) is 0 Å². The summed E-state index contributed by atoms with van der Waals surface area (Å²) in [5.74, 6) is -3.37. The van der Waals surface area contributed by atoms with Gasteiger partial charge in [-0.25, -0.2) is 4.39 Å². The Hall–Kier alpha value is -0.910. The molecule has 1 rings (SSSR count). The van der Waals surface area contributed by atoms with Crippen molar-refractivity contribution in [1.82, 2.24) is 0 Å². The fourth-order valence-corrected chi connectivity index (χ4v) is 1.62. The highest BCUT2D eigenvalue weighted by atomic mass is 79.9. The molecule has 0 aliphatic heterocycles. The van der Waals surface area contributed by atoms with E-state index in [1.807, 2.05) is 0 Å². The Morgan fingerprint density at radius 1 is 1.33 bits per heavy atom. The summed E-state index contributed by atoms with van der Waals surface area (Å²) < 4.78 is 49.2. The third-order valence-corrected chi connectivity index (χ3v) is 2.25. The maximum absolute atomic E-state index is 13.2. The van der Waals surface area contributed by atoms with Crippen molar-refractivity contribution >= 4 is 21.7 Å². The summed E-state index contributed by atoms with van der Waals surface area (Å²) in [5, 5.41) is 0. The average Bonchev–Trinajstić information content (AvgIpc) is 2.08. The molecule has 0 saturated carbocycles. The highest BCUT2D eigenvalue weighted by Gasteiger charge is 2.41. The van der Waals surface area contributed by atoms with Gasteiger partial charge in [0.1, 0.15) is 5.82 Å². The number of aryl methyl sites for hydroxylation is 1. The lowest BCUT2D eigenvalue weighted by Gasteiger charge is -2.08. The van der Waals surface area contributed by atoms with E-state index in [1.165, 1.54) is 13.0 Å². The van der Waals surface area contributed by atoms with Gasteiger partial charge in [0, 0.05) is 0 Å². The maximum atomic E-state index is 13.2. The molecule has 0 amide bonds. The predicted octanol–water partition coefficient (Wildman–Crippen LogP) is 3.64. The number of alkyl halides is 3. The van der Waals surface area contributed by atoms with Crippen molar-refractivity contribution in [2.24, 2.45) is 0 Å². The SMILES string of the molecule is Cc1cc(Br)c(F)c(C(=O)C(F)(F)F)c1. The van der Waals surface area contributed by atoms with Crippen LogP contribution >= 0.6 is 15.9 Å². The third-order valence-electron chi connectivity index (χ3n) is 1.67. The molecule has 1 nitrogen and oxygen atoms in total. The van der Waals surface area contributed by atoms with Crippen molar-refractivity contribution in [1.29, 1.82) is 0 Å². The van der Waals surface area contributed by atoms with Gasteiger partial charge in [0.05, 0.1) is 10.0 Å². The van der Waals surface area contributed by atoms with Crippen LogP contribution in [0.25, 0.3) is 0 Å². The monoisotopic (exact) mass is 284 g/mol. The number of hydrogen-bond donors (Lipinski definition) is 0. The smallest absolute Gasteiger partial charge is 0.284 e. The molecular weight excluding hydrogens is 280 g/mol. The first kappa shape index (κ1) is 12.2. The zero-order valence-electron chi connectivity index (χ0n) is 7.45. The molecule has 82 valence electrons. The predicted molar refractivity (Wildman–Crippen MR) is 49.2 cm³/mol. The first-order valence-corrected chi connectivity index (χ1v) is 4.60. The first-order chi connectivity index (χ1) is 6.73. The minimum atomic E-state index is -5.06. The van der Waals surface area contributed by atoms with E-state index in [0.29, 0.717) is 5.56 Å². The second kappa shape index (κ2) is 3.92. The summed E-state index contributed by atoms with van der Waals surface area (Å²) in [6.07, 6.45) is -5.06. The van der Waals surface area contributed by atoms with Crippen molar-refractivity contribution in [2.75, 3.05) is 0 Å². The largest absolute Gasteiger partial charge is 0.454 e. The van der Waals surface area contributed by atoms with Crippen LogP contribution in [0.3, 0.4) is 0 Å². The van der Waals surface area contributed by atoms with Crippen LogP contribution in [0.15, 0.2) is 16.6 Å². The van der Waals surface area contributed by atoms with Gasteiger partial charge in [-0.15, -0.1) is 0 Å². The Labute approximate surface area is 91.2 Å². The fraction of sp³-hybridized carbons (Fsp3) is 0.222. The second-order valence-corrected chi connectivity index (χ2v) is 3.79. The zero-order valence-corrected chi connectivity index (χ0v) is 9.04. The van der Waals surface area contributed by atoms with E-state index in [9.17, 15) is 22.4 Å². The zero-order chi connectivity index (χ0) is 11.8. The number of ketones is 1. The molecule has 0 radical (unpaired) electrons. The van der Waals surface area contributed by atoms with Gasteiger partial charge < -0.3 is 0 Å². The molecule has 0 aliphatic rings. The average molecular weight is 285 g/mol. The standard InChI is InChI=1S/C9H5BrF4O/c1-4-2-5(7(11)6(10)3-4)8(15)9(12,13)14/h2-3H,1H3. The summed E-state index contributed by atoms with van der Waals surface area (Å²) in [5.41, 5.74) is -0.592. The Morgan fingerprint density at radius 2 is 1.87 bits per heavy atom. The van der Waals surface area contributed by atoms with E-state index in [-0.39, 0.29) is 4.47 Å². The maximum Gasteiger partial charge on any atom is 0.454 e. The van der Waals surface area contributed by atoms with Crippen LogP contribution in [0.5, 0.6) is 0 Å². The van der Waals surface area contributed by atoms with Crippen molar-refractivity contribution in [3.8, 4) is 0 Å². The number of benzene rings is 1. The van der Waals surface area contributed by atoms with Crippen LogP contribution in [0.2, 0.25) is 0 Å². The molecule has 0 N–H and O–H groups in total. The van der Waals surface area contributed by atoms with Crippen LogP contribution in [0.4, 0.5) is 17.6 Å². The number of hydrogen-bond acceptors (Lipinski definition) is 1. The Balaban J connectivity index is 3.32. The van der Waals surface area contributed by atoms with Gasteiger partial charge in [-0.2, -0.15) is 13.2 Å². The van der Waals surface area contributed by atoms with Gasteiger partial charge >= 0.3 is 6.18 Å². The van der Waals surface area contributed by atoms with Crippen LogP contribution in [-0.2, 0) is 0 Å². The van der Waals surface area contributed by atoms with E-state index in [0.717, 1.165) is 6.07 Å². The molecule has 0 aliphatic carbocycles. The quantitative estimate of drug-likeness (QED) is 0.568. The molecule has 0 atom stereocenters. The molecule has 0 heterocycles. The van der Waals surface area contributed by atoms with E-state index in [1.54, 1.807) is 0 Å². The lowest BCUT2D eigenvalue weighted by molar-refractivity contribution is -0.0887. The van der Waals surface area contributed by atoms with Crippen LogP contribution in [0, 0.1) is 12.7 Å². The van der Waals surface area contributed by atoms with Crippen molar-refractivity contribution < 1.29 is 22.4 Å². The number of carbonyl (C=O) groups is 1. The lowest BCUT2D eigenvalue weighted by Crippen LogP contribution is -2.24. The summed E-state index contributed by atoms with van der Waals surface area (Å²) in [7, 11) is 0. The Morgan fingerprint density at radius 3 is 2.33 bits per heavy atom. The van der Waals surface area contributed by atoms with Gasteiger partial charge in [-0.05, 0) is 40.5 Å². The second-order valence-electron chi connectivity index (χ2n) is 2.94. The molecular formula is C9H5BrF4O.